The highest BCUT2D eigenvalue weighted by Crippen LogP contribution is 2.28. The molecule has 0 unspecified atom stereocenters. The second-order valence-electron chi connectivity index (χ2n) is 3.64. The Morgan fingerprint density at radius 2 is 1.94 bits per heavy atom. The van der Waals surface area contributed by atoms with E-state index in [1.165, 1.54) is 10.5 Å². The van der Waals surface area contributed by atoms with Gasteiger partial charge in [-0.1, -0.05) is 29.5 Å². The van der Waals surface area contributed by atoms with Crippen molar-refractivity contribution >= 4 is 27.7 Å². The van der Waals surface area contributed by atoms with Crippen molar-refractivity contribution in [1.82, 2.24) is 4.98 Å². The smallest absolute Gasteiger partial charge is 0.101 e. The van der Waals surface area contributed by atoms with E-state index in [0.717, 1.165) is 15.2 Å². The van der Waals surface area contributed by atoms with Gasteiger partial charge in [0.15, 0.2) is 0 Å². The molecule has 0 bridgehead atoms. The average Bonchev–Trinajstić information content (AvgIpc) is 2.24. The van der Waals surface area contributed by atoms with E-state index in [-0.39, 0.29) is 0 Å². The number of halogens is 1. The van der Waals surface area contributed by atoms with E-state index >= 15 is 0 Å². The van der Waals surface area contributed by atoms with Crippen molar-refractivity contribution in [2.75, 3.05) is 0 Å². The normalized spacial score (nSPS) is 10.4. The van der Waals surface area contributed by atoms with Crippen LogP contribution >= 0.6 is 27.7 Å². The lowest BCUT2D eigenvalue weighted by atomic mass is 10.2. The summed E-state index contributed by atoms with van der Waals surface area (Å²) in [4.78, 5) is 5.74. The third kappa shape index (κ3) is 2.86. The standard InChI is InChI=1S/C13H12BrNS/c1-9-4-3-5-11(8-9)16-13-7-6-12(14)10(2)15-13/h3-8H,1-2H3. The Kier molecular flexibility index (Phi) is 3.66. The first-order valence-electron chi connectivity index (χ1n) is 5.03. The Hall–Kier alpha value is -0.800. The zero-order valence-corrected chi connectivity index (χ0v) is 11.6. The van der Waals surface area contributed by atoms with Gasteiger partial charge in [-0.2, -0.15) is 0 Å². The molecular weight excluding hydrogens is 282 g/mol. The summed E-state index contributed by atoms with van der Waals surface area (Å²) in [5.41, 5.74) is 2.30. The molecule has 0 amide bonds. The van der Waals surface area contributed by atoms with Gasteiger partial charge in [0.05, 0.1) is 5.69 Å². The summed E-state index contributed by atoms with van der Waals surface area (Å²) in [5.74, 6) is 0. The van der Waals surface area contributed by atoms with Crippen molar-refractivity contribution < 1.29 is 0 Å². The molecule has 1 nitrogen and oxygen atoms in total. The van der Waals surface area contributed by atoms with E-state index < -0.39 is 0 Å². The van der Waals surface area contributed by atoms with Gasteiger partial charge in [0.2, 0.25) is 0 Å². The minimum absolute atomic E-state index is 1.03. The molecule has 0 spiro atoms. The molecule has 82 valence electrons. The largest absolute Gasteiger partial charge is 0.245 e. The third-order valence-electron chi connectivity index (χ3n) is 2.21. The summed E-state index contributed by atoms with van der Waals surface area (Å²) in [5, 5.41) is 1.03. The Labute approximate surface area is 108 Å². The number of pyridine rings is 1. The monoisotopic (exact) mass is 293 g/mol. The number of hydrogen-bond acceptors (Lipinski definition) is 2. The number of benzene rings is 1. The lowest BCUT2D eigenvalue weighted by Crippen LogP contribution is -1.85. The maximum Gasteiger partial charge on any atom is 0.101 e. The van der Waals surface area contributed by atoms with Crippen molar-refractivity contribution in [3.63, 3.8) is 0 Å². The Morgan fingerprint density at radius 3 is 2.62 bits per heavy atom. The second-order valence-corrected chi connectivity index (χ2v) is 5.58. The van der Waals surface area contributed by atoms with Gasteiger partial charge in [0.1, 0.15) is 5.03 Å². The molecule has 16 heavy (non-hydrogen) atoms. The number of rotatable bonds is 2. The van der Waals surface area contributed by atoms with Crippen LogP contribution in [0.15, 0.2) is 50.8 Å². The fourth-order valence-electron chi connectivity index (χ4n) is 1.38. The van der Waals surface area contributed by atoms with Crippen LogP contribution in [0.25, 0.3) is 0 Å². The molecule has 1 aromatic carbocycles. The van der Waals surface area contributed by atoms with E-state index in [2.05, 4.69) is 52.1 Å². The van der Waals surface area contributed by atoms with Crippen molar-refractivity contribution in [3.05, 3.63) is 52.1 Å². The third-order valence-corrected chi connectivity index (χ3v) is 3.97. The predicted octanol–water partition coefficient (Wildman–Crippen LogP) is 4.61. The number of nitrogens with zero attached hydrogens (tertiary/aromatic N) is 1. The van der Waals surface area contributed by atoms with Gasteiger partial charge in [-0.25, -0.2) is 4.98 Å². The molecule has 0 saturated carbocycles. The molecule has 0 atom stereocenters. The summed E-state index contributed by atoms with van der Waals surface area (Å²) in [7, 11) is 0. The van der Waals surface area contributed by atoms with Crippen molar-refractivity contribution in [3.8, 4) is 0 Å². The summed E-state index contributed by atoms with van der Waals surface area (Å²) in [6.45, 7) is 4.11. The Balaban J connectivity index is 2.24. The fourth-order valence-corrected chi connectivity index (χ4v) is 2.55. The van der Waals surface area contributed by atoms with E-state index in [1.807, 2.05) is 19.1 Å². The van der Waals surface area contributed by atoms with E-state index in [0.29, 0.717) is 0 Å². The molecule has 3 heteroatoms. The van der Waals surface area contributed by atoms with Gasteiger partial charge >= 0.3 is 0 Å². The number of hydrogen-bond donors (Lipinski definition) is 0. The summed E-state index contributed by atoms with van der Waals surface area (Å²) in [6, 6.07) is 12.5. The van der Waals surface area contributed by atoms with Crippen LogP contribution in [0.3, 0.4) is 0 Å². The van der Waals surface area contributed by atoms with Crippen LogP contribution in [0.5, 0.6) is 0 Å². The predicted molar refractivity (Wildman–Crippen MR) is 72.0 cm³/mol. The first-order chi connectivity index (χ1) is 7.65. The molecule has 0 aliphatic carbocycles. The maximum atomic E-state index is 4.51. The van der Waals surface area contributed by atoms with E-state index in [4.69, 9.17) is 0 Å². The van der Waals surface area contributed by atoms with Crippen LogP contribution in [0.4, 0.5) is 0 Å². The molecule has 1 aromatic heterocycles. The number of aromatic nitrogens is 1. The Morgan fingerprint density at radius 1 is 1.12 bits per heavy atom. The summed E-state index contributed by atoms with van der Waals surface area (Å²) in [6.07, 6.45) is 0. The van der Waals surface area contributed by atoms with Crippen LogP contribution in [0.1, 0.15) is 11.3 Å². The lowest BCUT2D eigenvalue weighted by molar-refractivity contribution is 1.05. The first-order valence-corrected chi connectivity index (χ1v) is 6.64. The minimum Gasteiger partial charge on any atom is -0.245 e. The first kappa shape index (κ1) is 11.7. The Bertz CT molecular complexity index is 511. The molecule has 0 fully saturated rings. The molecule has 0 aliphatic heterocycles. The molecule has 2 rings (SSSR count). The van der Waals surface area contributed by atoms with Gasteiger partial charge in [0, 0.05) is 9.37 Å². The SMILES string of the molecule is Cc1cccc(Sc2ccc(Br)c(C)n2)c1. The van der Waals surface area contributed by atoms with Crippen molar-refractivity contribution in [2.45, 2.75) is 23.8 Å². The zero-order valence-electron chi connectivity index (χ0n) is 9.20. The van der Waals surface area contributed by atoms with Crippen molar-refractivity contribution in [1.29, 1.82) is 0 Å². The van der Waals surface area contributed by atoms with Crippen LogP contribution < -0.4 is 0 Å². The highest BCUT2D eigenvalue weighted by Gasteiger charge is 2.01. The molecule has 0 saturated heterocycles. The molecule has 0 radical (unpaired) electrons. The highest BCUT2D eigenvalue weighted by molar-refractivity contribution is 9.10. The van der Waals surface area contributed by atoms with Crippen LogP contribution in [0.2, 0.25) is 0 Å². The minimum atomic E-state index is 1.03. The average molecular weight is 294 g/mol. The lowest BCUT2D eigenvalue weighted by Gasteiger charge is -2.04. The van der Waals surface area contributed by atoms with Gasteiger partial charge in [-0.05, 0) is 54.0 Å². The van der Waals surface area contributed by atoms with Crippen LogP contribution in [-0.4, -0.2) is 4.98 Å². The topological polar surface area (TPSA) is 12.9 Å². The quantitative estimate of drug-likeness (QED) is 0.802. The number of aryl methyl sites for hydroxylation is 2. The zero-order chi connectivity index (χ0) is 11.5. The van der Waals surface area contributed by atoms with Gasteiger partial charge in [-0.3, -0.25) is 0 Å². The summed E-state index contributed by atoms with van der Waals surface area (Å²) >= 11 is 5.15. The van der Waals surface area contributed by atoms with E-state index in [9.17, 15) is 0 Å². The molecule has 0 N–H and O–H groups in total. The second kappa shape index (κ2) is 5.02. The molecular formula is C13H12BrNS. The van der Waals surface area contributed by atoms with Gasteiger partial charge in [-0.15, -0.1) is 0 Å². The van der Waals surface area contributed by atoms with Crippen LogP contribution in [-0.2, 0) is 0 Å². The molecule has 2 aromatic rings. The van der Waals surface area contributed by atoms with Crippen molar-refractivity contribution in [2.24, 2.45) is 0 Å². The fraction of sp³-hybridized carbons (Fsp3) is 0.154. The maximum absolute atomic E-state index is 4.51. The molecule has 0 aliphatic rings. The van der Waals surface area contributed by atoms with Gasteiger partial charge in [0.25, 0.3) is 0 Å². The van der Waals surface area contributed by atoms with Crippen LogP contribution in [0, 0.1) is 13.8 Å². The van der Waals surface area contributed by atoms with E-state index in [1.54, 1.807) is 11.8 Å². The van der Waals surface area contributed by atoms with Gasteiger partial charge < -0.3 is 0 Å². The highest BCUT2D eigenvalue weighted by atomic mass is 79.9. The molecule has 1 heterocycles. The summed E-state index contributed by atoms with van der Waals surface area (Å²) < 4.78 is 1.06.